The van der Waals surface area contributed by atoms with Gasteiger partial charge in [-0.15, -0.1) is 0 Å². The van der Waals surface area contributed by atoms with E-state index < -0.39 is 11.6 Å². The summed E-state index contributed by atoms with van der Waals surface area (Å²) >= 11 is 0. The van der Waals surface area contributed by atoms with Crippen molar-refractivity contribution in [2.75, 3.05) is 0 Å². The fourth-order valence-electron chi connectivity index (χ4n) is 11.1. The number of rotatable bonds is 5. The van der Waals surface area contributed by atoms with Crippen molar-refractivity contribution in [3.63, 3.8) is 0 Å². The fourth-order valence-corrected chi connectivity index (χ4v) is 11.1. The fraction of sp³-hybridized carbons (Fsp3) is 0. The van der Waals surface area contributed by atoms with Crippen molar-refractivity contribution in [3.8, 4) is 39.9 Å². The van der Waals surface area contributed by atoms with Gasteiger partial charge in [0.1, 0.15) is 17.7 Å². The molecule has 0 amide bonds. The summed E-state index contributed by atoms with van der Waals surface area (Å²) in [6.45, 7) is 0. The van der Waals surface area contributed by atoms with E-state index in [-0.39, 0.29) is 5.56 Å². The molecule has 7 heteroatoms. The van der Waals surface area contributed by atoms with Crippen molar-refractivity contribution in [2.45, 2.75) is 0 Å². The molecule has 14 rings (SSSR count). The Morgan fingerprint density at radius 2 is 0.647 bits per heavy atom. The molecule has 0 aliphatic carbocycles. The van der Waals surface area contributed by atoms with Gasteiger partial charge in [-0.3, -0.25) is 0 Å². The lowest BCUT2D eigenvalue weighted by Gasteiger charge is -2.20. The van der Waals surface area contributed by atoms with Crippen molar-refractivity contribution < 1.29 is 8.78 Å². The van der Waals surface area contributed by atoms with Gasteiger partial charge in [0, 0.05) is 60.0 Å². The number of aromatic nitrogens is 4. The molecule has 0 saturated heterocycles. The van der Waals surface area contributed by atoms with Gasteiger partial charge < -0.3 is 18.3 Å². The third-order valence-electron chi connectivity index (χ3n) is 13.9. The number of hydrogen-bond acceptors (Lipinski definition) is 1. The van der Waals surface area contributed by atoms with Crippen LogP contribution in [0.1, 0.15) is 5.56 Å². The second-order valence-electron chi connectivity index (χ2n) is 17.4. The Bertz CT molecular complexity index is 4370. The third-order valence-corrected chi connectivity index (χ3v) is 13.9. The number of hydrogen-bond donors (Lipinski definition) is 0. The van der Waals surface area contributed by atoms with Gasteiger partial charge in [0.25, 0.3) is 0 Å². The van der Waals surface area contributed by atoms with Gasteiger partial charge in [-0.1, -0.05) is 127 Å². The number of halogens is 2. The zero-order valence-electron chi connectivity index (χ0n) is 36.2. The van der Waals surface area contributed by atoms with E-state index in [2.05, 4.69) is 170 Å². The second-order valence-corrected chi connectivity index (χ2v) is 17.4. The van der Waals surface area contributed by atoms with Crippen LogP contribution in [0.2, 0.25) is 0 Å². The molecule has 4 aromatic heterocycles. The second kappa shape index (κ2) is 14.4. The van der Waals surface area contributed by atoms with E-state index in [1.165, 1.54) is 18.2 Å². The minimum atomic E-state index is -0.704. The monoisotopic (exact) mass is 875 g/mol. The first kappa shape index (κ1) is 38.1. The molecule has 5 nitrogen and oxygen atoms in total. The molecule has 318 valence electrons. The number of nitrogens with zero attached hydrogens (tertiary/aromatic N) is 5. The first-order valence-corrected chi connectivity index (χ1v) is 22.6. The highest BCUT2D eigenvalue weighted by molar-refractivity contribution is 6.14. The summed E-state index contributed by atoms with van der Waals surface area (Å²) < 4.78 is 42.0. The summed E-state index contributed by atoms with van der Waals surface area (Å²) in [4.78, 5) is 0. The van der Waals surface area contributed by atoms with Crippen molar-refractivity contribution in [1.29, 1.82) is 5.26 Å². The quantitative estimate of drug-likeness (QED) is 0.170. The summed E-state index contributed by atoms with van der Waals surface area (Å²) in [6, 6.07) is 72.8. The summed E-state index contributed by atoms with van der Waals surface area (Å²) in [5.41, 5.74) is 11.0. The maximum Gasteiger partial charge on any atom is 0.134 e. The van der Waals surface area contributed by atoms with Crippen LogP contribution in [0.25, 0.3) is 121 Å². The van der Waals surface area contributed by atoms with Crippen molar-refractivity contribution in [2.24, 2.45) is 0 Å². The molecule has 0 atom stereocenters. The number of fused-ring (bicyclic) bond motifs is 12. The molecule has 0 bridgehead atoms. The zero-order valence-corrected chi connectivity index (χ0v) is 36.2. The Morgan fingerprint density at radius 3 is 1.03 bits per heavy atom. The first-order chi connectivity index (χ1) is 33.6. The molecule has 0 aliphatic rings. The van der Waals surface area contributed by atoms with Crippen LogP contribution in [0.4, 0.5) is 8.78 Å². The number of benzene rings is 10. The summed E-state index contributed by atoms with van der Waals surface area (Å²) in [6.07, 6.45) is 0. The molecule has 68 heavy (non-hydrogen) atoms. The predicted octanol–water partition coefficient (Wildman–Crippen LogP) is 15.9. The minimum Gasteiger partial charge on any atom is -0.309 e. The van der Waals surface area contributed by atoms with Crippen molar-refractivity contribution in [3.05, 3.63) is 230 Å². The summed E-state index contributed by atoms with van der Waals surface area (Å²) in [5.74, 6) is -1.41. The van der Waals surface area contributed by atoms with Crippen LogP contribution in [0.3, 0.4) is 0 Å². The first-order valence-electron chi connectivity index (χ1n) is 22.6. The maximum absolute atomic E-state index is 16.6. The molecule has 0 fully saturated rings. The maximum atomic E-state index is 16.6. The van der Waals surface area contributed by atoms with Crippen LogP contribution in [0.5, 0.6) is 0 Å². The Hall–Kier alpha value is -9.25. The summed E-state index contributed by atoms with van der Waals surface area (Å²) in [7, 11) is 0. The standard InChI is InChI=1S/C61H35F2N5/c62-49-20-13-21-50(63)61(49)48-35-57(67-55-26-11-5-18-44(55)46-30-28-38(33-59(46)67)65-51-22-7-1-14-40(51)41-15-2-8-23-52(41)65)37(36-64)32-58(48)68-56-27-12-6-19-45(56)47-31-29-39(34-60(47)68)66-53-24-9-3-16-42(53)43-17-4-10-25-54(43)66/h1-35H. The molecule has 4 heterocycles. The minimum absolute atomic E-state index is 0.176. The predicted molar refractivity (Wildman–Crippen MR) is 274 cm³/mol. The highest BCUT2D eigenvalue weighted by atomic mass is 19.1. The molecule has 0 radical (unpaired) electrons. The Morgan fingerprint density at radius 1 is 0.309 bits per heavy atom. The zero-order chi connectivity index (χ0) is 45.2. The molecular formula is C61H35F2N5. The molecule has 14 aromatic rings. The van der Waals surface area contributed by atoms with Crippen molar-refractivity contribution >= 4 is 87.2 Å². The average molecular weight is 876 g/mol. The number of nitriles is 1. The van der Waals surface area contributed by atoms with E-state index in [1.54, 1.807) is 0 Å². The smallest absolute Gasteiger partial charge is 0.134 e. The van der Waals surface area contributed by atoms with Crippen LogP contribution >= 0.6 is 0 Å². The van der Waals surface area contributed by atoms with E-state index in [0.29, 0.717) is 22.5 Å². The van der Waals surface area contributed by atoms with Gasteiger partial charge in [-0.25, -0.2) is 8.78 Å². The highest BCUT2D eigenvalue weighted by Crippen LogP contribution is 2.44. The van der Waals surface area contributed by atoms with E-state index in [1.807, 2.05) is 48.5 Å². The molecule has 0 spiro atoms. The van der Waals surface area contributed by atoms with Crippen molar-refractivity contribution in [1.82, 2.24) is 18.3 Å². The topological polar surface area (TPSA) is 43.5 Å². The number of para-hydroxylation sites is 6. The Balaban J connectivity index is 1.08. The average Bonchev–Trinajstić information content (AvgIpc) is 4.11. The molecule has 0 aliphatic heterocycles. The van der Waals surface area contributed by atoms with Crippen LogP contribution in [0.15, 0.2) is 212 Å². The van der Waals surface area contributed by atoms with Crippen LogP contribution < -0.4 is 0 Å². The molecule has 0 N–H and O–H groups in total. The van der Waals surface area contributed by atoms with E-state index in [0.717, 1.165) is 98.6 Å². The largest absolute Gasteiger partial charge is 0.309 e. The van der Waals surface area contributed by atoms with Gasteiger partial charge in [0.15, 0.2) is 0 Å². The van der Waals surface area contributed by atoms with Gasteiger partial charge >= 0.3 is 0 Å². The van der Waals surface area contributed by atoms with Gasteiger partial charge in [-0.2, -0.15) is 5.26 Å². The van der Waals surface area contributed by atoms with Crippen LogP contribution in [-0.4, -0.2) is 18.3 Å². The molecule has 0 saturated carbocycles. The van der Waals surface area contributed by atoms with Crippen LogP contribution in [0, 0.1) is 23.0 Å². The van der Waals surface area contributed by atoms with E-state index >= 15 is 8.78 Å². The lowest BCUT2D eigenvalue weighted by Crippen LogP contribution is -2.06. The van der Waals surface area contributed by atoms with Crippen LogP contribution in [-0.2, 0) is 0 Å². The lowest BCUT2D eigenvalue weighted by molar-refractivity contribution is 0.589. The Labute approximate surface area is 387 Å². The SMILES string of the molecule is N#Cc1cc(-n2c3ccccc3c3ccc(-n4c5ccccc5c5ccccc54)cc32)c(-c2c(F)cccc2F)cc1-n1c2ccccc2c2ccc(-n3c4ccccc4c4ccccc43)cc21. The lowest BCUT2D eigenvalue weighted by atomic mass is 9.98. The summed E-state index contributed by atoms with van der Waals surface area (Å²) in [5, 5.41) is 19.9. The molecule has 0 unspecified atom stereocenters. The molecule has 10 aromatic carbocycles. The Kier molecular flexibility index (Phi) is 8.05. The van der Waals surface area contributed by atoms with E-state index in [4.69, 9.17) is 0 Å². The highest BCUT2D eigenvalue weighted by Gasteiger charge is 2.26. The third kappa shape index (κ3) is 5.28. The van der Waals surface area contributed by atoms with E-state index in [9.17, 15) is 5.26 Å². The molecular weight excluding hydrogens is 841 g/mol. The normalized spacial score (nSPS) is 12.0. The van der Waals surface area contributed by atoms with Gasteiger partial charge in [0.2, 0.25) is 0 Å². The van der Waals surface area contributed by atoms with Gasteiger partial charge in [-0.05, 0) is 84.9 Å². The van der Waals surface area contributed by atoms with Gasteiger partial charge in [0.05, 0.1) is 66.6 Å².